The molecule has 0 radical (unpaired) electrons. The first kappa shape index (κ1) is 23.6. The van der Waals surface area contributed by atoms with E-state index in [0.717, 1.165) is 11.3 Å². The van der Waals surface area contributed by atoms with Crippen LogP contribution >= 0.6 is 0 Å². The molecule has 0 N–H and O–H groups in total. The van der Waals surface area contributed by atoms with E-state index < -0.39 is 0 Å². The second-order valence-electron chi connectivity index (χ2n) is 7.41. The van der Waals surface area contributed by atoms with Crippen molar-refractivity contribution in [3.8, 4) is 0 Å². The summed E-state index contributed by atoms with van der Waals surface area (Å²) in [6, 6.07) is 13.3. The minimum Gasteiger partial charge on any atom is -0.464 e. The number of rotatable bonds is 12. The Morgan fingerprint density at radius 3 is 2.40 bits per heavy atom. The van der Waals surface area contributed by atoms with Crippen LogP contribution in [0.15, 0.2) is 46.9 Å². The van der Waals surface area contributed by atoms with Crippen LogP contribution in [0.4, 0.5) is 0 Å². The maximum atomic E-state index is 13.0. The van der Waals surface area contributed by atoms with Crippen molar-refractivity contribution in [3.63, 3.8) is 0 Å². The average molecular weight is 417 g/mol. The van der Waals surface area contributed by atoms with Gasteiger partial charge in [0, 0.05) is 19.7 Å². The lowest BCUT2D eigenvalue weighted by Gasteiger charge is -2.29. The molecule has 0 saturated carbocycles. The molecule has 7 heteroatoms. The maximum Gasteiger partial charge on any atom is 0.249 e. The first-order valence-electron chi connectivity index (χ1n) is 10.1. The molecule has 0 bridgehead atoms. The van der Waals surface area contributed by atoms with E-state index in [4.69, 9.17) is 13.9 Å². The third-order valence-electron chi connectivity index (χ3n) is 4.65. The van der Waals surface area contributed by atoms with E-state index in [-0.39, 0.29) is 31.0 Å². The third kappa shape index (κ3) is 7.65. The molecule has 2 aromatic rings. The Labute approximate surface area is 178 Å². The Morgan fingerprint density at radius 1 is 1.07 bits per heavy atom. The number of benzene rings is 1. The highest BCUT2D eigenvalue weighted by molar-refractivity contribution is 5.85. The summed E-state index contributed by atoms with van der Waals surface area (Å²) in [7, 11) is 1.59. The third-order valence-corrected chi connectivity index (χ3v) is 4.65. The lowest BCUT2D eigenvalue weighted by atomic mass is 10.2. The molecule has 0 aliphatic carbocycles. The fourth-order valence-electron chi connectivity index (χ4n) is 2.97. The van der Waals surface area contributed by atoms with E-state index in [1.807, 2.05) is 63.2 Å². The summed E-state index contributed by atoms with van der Waals surface area (Å²) in [4.78, 5) is 28.9. The van der Waals surface area contributed by atoms with E-state index in [1.165, 1.54) is 0 Å². The average Bonchev–Trinajstić information content (AvgIpc) is 3.14. The van der Waals surface area contributed by atoms with E-state index in [0.29, 0.717) is 32.1 Å². The molecule has 0 fully saturated rings. The van der Waals surface area contributed by atoms with Gasteiger partial charge in [-0.15, -0.1) is 0 Å². The van der Waals surface area contributed by atoms with E-state index in [1.54, 1.807) is 16.9 Å². The number of nitrogens with zero attached hydrogens (tertiary/aromatic N) is 2. The summed E-state index contributed by atoms with van der Waals surface area (Å²) in [6.07, 6.45) is 0. The molecule has 0 unspecified atom stereocenters. The van der Waals surface area contributed by atoms with Gasteiger partial charge in [-0.3, -0.25) is 9.59 Å². The second kappa shape index (κ2) is 12.1. The summed E-state index contributed by atoms with van der Waals surface area (Å²) < 4.78 is 16.3. The second-order valence-corrected chi connectivity index (χ2v) is 7.41. The van der Waals surface area contributed by atoms with Crippen LogP contribution in [0.3, 0.4) is 0 Å². The summed E-state index contributed by atoms with van der Waals surface area (Å²) in [5.74, 6) is 1.12. The molecule has 164 valence electrons. The highest BCUT2D eigenvalue weighted by Crippen LogP contribution is 2.11. The van der Waals surface area contributed by atoms with Crippen molar-refractivity contribution >= 4 is 11.8 Å². The Kier molecular flexibility index (Phi) is 9.57. The number of amides is 2. The molecule has 2 amide bonds. The van der Waals surface area contributed by atoms with Crippen molar-refractivity contribution in [3.05, 3.63) is 59.5 Å². The van der Waals surface area contributed by atoms with Crippen LogP contribution < -0.4 is 0 Å². The molecular weight excluding hydrogens is 384 g/mol. The molecule has 0 spiro atoms. The van der Waals surface area contributed by atoms with Gasteiger partial charge in [0.25, 0.3) is 0 Å². The number of methoxy groups -OCH3 is 1. The van der Waals surface area contributed by atoms with Gasteiger partial charge in [0.05, 0.1) is 19.8 Å². The lowest BCUT2D eigenvalue weighted by Crippen LogP contribution is -2.47. The topological polar surface area (TPSA) is 72.2 Å². The zero-order valence-electron chi connectivity index (χ0n) is 18.3. The van der Waals surface area contributed by atoms with E-state index >= 15 is 0 Å². The normalized spacial score (nSPS) is 11.0. The minimum absolute atomic E-state index is 0.0192. The summed E-state index contributed by atoms with van der Waals surface area (Å²) in [6.45, 7) is 7.05. The SMILES string of the molecule is COCCN(Cc1ccc(C)o1)C(=O)CN(C(=O)COCc1ccccc1)C(C)C. The Morgan fingerprint density at radius 2 is 1.80 bits per heavy atom. The quantitative estimate of drug-likeness (QED) is 0.532. The van der Waals surface area contributed by atoms with Gasteiger partial charge in [0.1, 0.15) is 24.7 Å². The van der Waals surface area contributed by atoms with Gasteiger partial charge >= 0.3 is 0 Å². The van der Waals surface area contributed by atoms with Gasteiger partial charge in [0.2, 0.25) is 11.8 Å². The molecule has 1 heterocycles. The smallest absolute Gasteiger partial charge is 0.249 e. The number of carbonyl (C=O) groups excluding carboxylic acids is 2. The fraction of sp³-hybridized carbons (Fsp3) is 0.478. The zero-order chi connectivity index (χ0) is 21.9. The number of hydrogen-bond donors (Lipinski definition) is 0. The van der Waals surface area contributed by atoms with Crippen molar-refractivity contribution in [1.82, 2.24) is 9.80 Å². The van der Waals surface area contributed by atoms with Crippen LogP contribution in [0.25, 0.3) is 0 Å². The van der Waals surface area contributed by atoms with Gasteiger partial charge in [0.15, 0.2) is 0 Å². The zero-order valence-corrected chi connectivity index (χ0v) is 18.3. The van der Waals surface area contributed by atoms with Crippen LogP contribution in [0.2, 0.25) is 0 Å². The number of furan rings is 1. The van der Waals surface area contributed by atoms with E-state index in [9.17, 15) is 9.59 Å². The molecule has 7 nitrogen and oxygen atoms in total. The van der Waals surface area contributed by atoms with Crippen molar-refractivity contribution < 1.29 is 23.5 Å². The van der Waals surface area contributed by atoms with E-state index in [2.05, 4.69) is 0 Å². The van der Waals surface area contributed by atoms with Crippen LogP contribution in [-0.4, -0.2) is 61.1 Å². The number of ether oxygens (including phenoxy) is 2. The standard InChI is InChI=1S/C23H32N2O5/c1-18(2)25(23(27)17-29-16-20-8-6-5-7-9-20)15-22(26)24(12-13-28-4)14-21-11-10-19(3)30-21/h5-11,18H,12-17H2,1-4H3. The van der Waals surface area contributed by atoms with Crippen molar-refractivity contribution in [1.29, 1.82) is 0 Å². The number of aryl methyl sites for hydroxylation is 1. The largest absolute Gasteiger partial charge is 0.464 e. The molecule has 0 saturated heterocycles. The number of hydrogen-bond acceptors (Lipinski definition) is 5. The predicted molar refractivity (Wildman–Crippen MR) is 114 cm³/mol. The molecule has 2 rings (SSSR count). The molecule has 0 aliphatic heterocycles. The molecule has 1 aromatic carbocycles. The van der Waals surface area contributed by atoms with Crippen molar-refractivity contribution in [2.75, 3.05) is 33.4 Å². The lowest BCUT2D eigenvalue weighted by molar-refractivity contribution is -0.145. The van der Waals surface area contributed by atoms with Crippen molar-refractivity contribution in [2.24, 2.45) is 0 Å². The molecule has 30 heavy (non-hydrogen) atoms. The van der Waals surface area contributed by atoms with Gasteiger partial charge < -0.3 is 23.7 Å². The highest BCUT2D eigenvalue weighted by Gasteiger charge is 2.24. The minimum atomic E-state index is -0.213. The molecule has 1 aromatic heterocycles. The van der Waals surface area contributed by atoms with Gasteiger partial charge in [-0.1, -0.05) is 30.3 Å². The summed E-state index contributed by atoms with van der Waals surface area (Å²) in [5, 5.41) is 0. The Hall–Kier alpha value is -2.64. The maximum absolute atomic E-state index is 13.0. The fourth-order valence-corrected chi connectivity index (χ4v) is 2.97. The van der Waals surface area contributed by atoms with Gasteiger partial charge in [-0.2, -0.15) is 0 Å². The highest BCUT2D eigenvalue weighted by atomic mass is 16.5. The van der Waals surface area contributed by atoms with Gasteiger partial charge in [-0.25, -0.2) is 0 Å². The predicted octanol–water partition coefficient (Wildman–Crippen LogP) is 3.02. The number of carbonyl (C=O) groups is 2. The Balaban J connectivity index is 1.95. The van der Waals surface area contributed by atoms with Gasteiger partial charge in [-0.05, 0) is 38.5 Å². The van der Waals surface area contributed by atoms with Crippen LogP contribution in [0, 0.1) is 6.92 Å². The molecule has 0 aliphatic rings. The summed E-state index contributed by atoms with van der Waals surface area (Å²) in [5.41, 5.74) is 0.997. The first-order chi connectivity index (χ1) is 14.4. The first-order valence-corrected chi connectivity index (χ1v) is 10.1. The monoisotopic (exact) mass is 416 g/mol. The molecular formula is C23H32N2O5. The summed E-state index contributed by atoms with van der Waals surface area (Å²) >= 11 is 0. The van der Waals surface area contributed by atoms with Crippen molar-refractivity contribution in [2.45, 2.75) is 40.0 Å². The Bertz CT molecular complexity index is 788. The van der Waals surface area contributed by atoms with Crippen LogP contribution in [0.1, 0.15) is 30.9 Å². The van der Waals surface area contributed by atoms with Crippen LogP contribution in [-0.2, 0) is 32.2 Å². The molecule has 0 atom stereocenters. The van der Waals surface area contributed by atoms with Crippen LogP contribution in [0.5, 0.6) is 0 Å².